The molecule has 2 saturated heterocycles. The van der Waals surface area contributed by atoms with Crippen molar-refractivity contribution in [3.05, 3.63) is 23.8 Å². The summed E-state index contributed by atoms with van der Waals surface area (Å²) in [7, 11) is 0. The highest BCUT2D eigenvalue weighted by Crippen LogP contribution is 2.28. The number of hydrogen-bond acceptors (Lipinski definition) is 7. The van der Waals surface area contributed by atoms with Gasteiger partial charge in [0.05, 0.1) is 25.4 Å². The number of urea groups is 1. The molecule has 2 aliphatic rings. The molecular weight excluding hydrogens is 438 g/mol. The Morgan fingerprint density at radius 3 is 2.53 bits per heavy atom. The van der Waals surface area contributed by atoms with Crippen LogP contribution in [-0.4, -0.2) is 88.4 Å². The van der Waals surface area contributed by atoms with Crippen molar-refractivity contribution in [2.45, 2.75) is 26.7 Å². The number of rotatable bonds is 9. The van der Waals surface area contributed by atoms with Crippen molar-refractivity contribution in [3.8, 4) is 0 Å². The molecule has 1 aromatic rings. The van der Waals surface area contributed by atoms with Crippen molar-refractivity contribution in [3.63, 3.8) is 0 Å². The maximum atomic E-state index is 13.2. The first-order valence-corrected chi connectivity index (χ1v) is 12.1. The van der Waals surface area contributed by atoms with E-state index in [9.17, 15) is 14.4 Å². The first kappa shape index (κ1) is 25.8. The smallest absolute Gasteiger partial charge is 0.325 e. The molecule has 0 aromatic heterocycles. The van der Waals surface area contributed by atoms with Crippen molar-refractivity contribution < 1.29 is 23.9 Å². The number of piperidine rings is 1. The quantitative estimate of drug-likeness (QED) is 0.466. The lowest BCUT2D eigenvalue weighted by molar-refractivity contribution is -0.141. The lowest BCUT2D eigenvalue weighted by Gasteiger charge is -2.33. The van der Waals surface area contributed by atoms with Crippen LogP contribution in [0.25, 0.3) is 0 Å². The van der Waals surface area contributed by atoms with Gasteiger partial charge in [0.1, 0.15) is 6.54 Å². The fraction of sp³-hybridized carbons (Fsp3) is 0.625. The van der Waals surface area contributed by atoms with Crippen molar-refractivity contribution in [2.75, 3.05) is 75.9 Å². The fourth-order valence-corrected chi connectivity index (χ4v) is 4.11. The van der Waals surface area contributed by atoms with Crippen LogP contribution in [0.4, 0.5) is 16.2 Å². The summed E-state index contributed by atoms with van der Waals surface area (Å²) in [5, 5.41) is 8.20. The van der Waals surface area contributed by atoms with Crippen molar-refractivity contribution in [2.24, 2.45) is 5.92 Å². The average molecular weight is 476 g/mol. The minimum absolute atomic E-state index is 0.169. The van der Waals surface area contributed by atoms with Crippen LogP contribution in [0.15, 0.2) is 18.2 Å². The summed E-state index contributed by atoms with van der Waals surface area (Å²) in [5.74, 6) is -0.00351. The second kappa shape index (κ2) is 13.1. The summed E-state index contributed by atoms with van der Waals surface area (Å²) in [5.41, 5.74) is 1.88. The Hall–Kier alpha value is -2.85. The monoisotopic (exact) mass is 475 g/mol. The van der Waals surface area contributed by atoms with Gasteiger partial charge in [-0.3, -0.25) is 14.5 Å². The van der Waals surface area contributed by atoms with E-state index < -0.39 is 12.0 Å². The highest BCUT2D eigenvalue weighted by atomic mass is 16.5. The Labute approximate surface area is 201 Å². The number of esters is 1. The Morgan fingerprint density at radius 1 is 1.09 bits per heavy atom. The molecule has 2 heterocycles. The third kappa shape index (κ3) is 7.88. The molecule has 3 amide bonds. The predicted octanol–water partition coefficient (Wildman–Crippen LogP) is 1.67. The Bertz CT molecular complexity index is 835. The number of benzene rings is 1. The lowest BCUT2D eigenvalue weighted by atomic mass is 9.98. The molecule has 10 nitrogen and oxygen atoms in total. The van der Waals surface area contributed by atoms with Gasteiger partial charge in [-0.05, 0) is 43.9 Å². The summed E-state index contributed by atoms with van der Waals surface area (Å²) >= 11 is 0. The second-order valence-corrected chi connectivity index (χ2v) is 8.72. The first-order chi connectivity index (χ1) is 16.5. The molecule has 3 N–H and O–H groups in total. The number of carbonyl (C=O) groups excluding carboxylic acids is 3. The number of nitrogens with one attached hydrogen (secondary N) is 3. The van der Waals surface area contributed by atoms with E-state index in [-0.39, 0.29) is 19.1 Å². The van der Waals surface area contributed by atoms with Gasteiger partial charge in [0.2, 0.25) is 0 Å². The molecule has 2 fully saturated rings. The van der Waals surface area contributed by atoms with E-state index in [0.29, 0.717) is 23.7 Å². The van der Waals surface area contributed by atoms with Crippen molar-refractivity contribution in [1.29, 1.82) is 0 Å². The topological polar surface area (TPSA) is 112 Å². The third-order valence-electron chi connectivity index (χ3n) is 6.14. The fourth-order valence-electron chi connectivity index (χ4n) is 4.11. The molecule has 0 aliphatic carbocycles. The minimum atomic E-state index is -0.536. The third-order valence-corrected chi connectivity index (χ3v) is 6.14. The number of carbonyl (C=O) groups is 3. The zero-order valence-corrected chi connectivity index (χ0v) is 20.2. The van der Waals surface area contributed by atoms with Crippen LogP contribution in [0.1, 0.15) is 37.0 Å². The molecule has 1 aromatic carbocycles. The molecule has 0 radical (unpaired) electrons. The number of hydrogen-bond donors (Lipinski definition) is 3. The molecule has 34 heavy (non-hydrogen) atoms. The van der Waals surface area contributed by atoms with E-state index >= 15 is 0 Å². The summed E-state index contributed by atoms with van der Waals surface area (Å²) in [6.45, 7) is 10.2. The van der Waals surface area contributed by atoms with Gasteiger partial charge >= 0.3 is 12.0 Å². The lowest BCUT2D eigenvalue weighted by Crippen LogP contribution is -2.41. The zero-order valence-electron chi connectivity index (χ0n) is 20.2. The van der Waals surface area contributed by atoms with Gasteiger partial charge in [0, 0.05) is 50.6 Å². The highest BCUT2D eigenvalue weighted by molar-refractivity contribution is 6.02. The molecule has 0 bridgehead atoms. The minimum Gasteiger partial charge on any atom is -0.465 e. The van der Waals surface area contributed by atoms with Gasteiger partial charge in [-0.2, -0.15) is 0 Å². The summed E-state index contributed by atoms with van der Waals surface area (Å²) < 4.78 is 10.2. The molecule has 0 atom stereocenters. The van der Waals surface area contributed by atoms with Gasteiger partial charge < -0.3 is 30.3 Å². The molecule has 3 rings (SSSR count). The number of nitrogens with zero attached hydrogens (tertiary/aromatic N) is 2. The van der Waals surface area contributed by atoms with Gasteiger partial charge in [0.15, 0.2) is 0 Å². The highest BCUT2D eigenvalue weighted by Gasteiger charge is 2.22. The van der Waals surface area contributed by atoms with Crippen molar-refractivity contribution in [1.82, 2.24) is 15.5 Å². The van der Waals surface area contributed by atoms with E-state index in [1.807, 2.05) is 6.07 Å². The van der Waals surface area contributed by atoms with Gasteiger partial charge in [-0.1, -0.05) is 6.92 Å². The first-order valence-electron chi connectivity index (χ1n) is 12.1. The molecule has 2 aliphatic heterocycles. The van der Waals surface area contributed by atoms with Gasteiger partial charge in [-0.25, -0.2) is 4.79 Å². The summed E-state index contributed by atoms with van der Waals surface area (Å²) in [6, 6.07) is 4.82. The zero-order chi connectivity index (χ0) is 24.3. The number of anilines is 2. The van der Waals surface area contributed by atoms with Gasteiger partial charge in [-0.15, -0.1) is 0 Å². The van der Waals surface area contributed by atoms with Crippen LogP contribution in [0, 0.1) is 5.92 Å². The summed E-state index contributed by atoms with van der Waals surface area (Å²) in [6.07, 6.45) is 2.16. The number of amides is 3. The van der Waals surface area contributed by atoms with E-state index in [1.165, 1.54) is 0 Å². The van der Waals surface area contributed by atoms with Crippen LogP contribution in [0.3, 0.4) is 0 Å². The number of ether oxygens (including phenoxy) is 2. The van der Waals surface area contributed by atoms with E-state index in [2.05, 4.69) is 32.7 Å². The Kier molecular flexibility index (Phi) is 9.96. The molecule has 0 unspecified atom stereocenters. The van der Waals surface area contributed by atoms with Crippen LogP contribution in [-0.2, 0) is 14.3 Å². The predicted molar refractivity (Wildman–Crippen MR) is 130 cm³/mol. The number of morpholine rings is 1. The normalized spacial score (nSPS) is 17.2. The van der Waals surface area contributed by atoms with E-state index in [0.717, 1.165) is 64.5 Å². The standard InChI is InChI=1S/C24H37N5O5/c1-3-34-22(30)17-26-24(32)27-19-4-5-21(29-9-6-18(2)7-10-29)20(16-19)23(31)25-8-11-28-12-14-33-15-13-28/h4-5,16,18H,3,6-15,17H2,1-2H3,(H,25,31)(H2,26,27,32). The molecular formula is C24H37N5O5. The van der Waals surface area contributed by atoms with E-state index in [1.54, 1.807) is 19.1 Å². The van der Waals surface area contributed by atoms with Gasteiger partial charge in [0.25, 0.3) is 5.91 Å². The van der Waals surface area contributed by atoms with Crippen LogP contribution in [0.2, 0.25) is 0 Å². The molecule has 10 heteroatoms. The van der Waals surface area contributed by atoms with Crippen LogP contribution < -0.4 is 20.9 Å². The maximum Gasteiger partial charge on any atom is 0.325 e. The Balaban J connectivity index is 1.66. The van der Waals surface area contributed by atoms with E-state index in [4.69, 9.17) is 9.47 Å². The van der Waals surface area contributed by atoms with Crippen LogP contribution >= 0.6 is 0 Å². The van der Waals surface area contributed by atoms with Crippen LogP contribution in [0.5, 0.6) is 0 Å². The maximum absolute atomic E-state index is 13.2. The average Bonchev–Trinajstić information content (AvgIpc) is 2.84. The Morgan fingerprint density at radius 2 is 1.82 bits per heavy atom. The van der Waals surface area contributed by atoms with Crippen molar-refractivity contribution >= 4 is 29.3 Å². The molecule has 0 spiro atoms. The molecule has 0 saturated carbocycles. The largest absolute Gasteiger partial charge is 0.465 e. The molecule has 188 valence electrons. The summed E-state index contributed by atoms with van der Waals surface area (Å²) in [4.78, 5) is 41.4. The SMILES string of the molecule is CCOC(=O)CNC(=O)Nc1ccc(N2CCC(C)CC2)c(C(=O)NCCN2CCOCC2)c1. The second-order valence-electron chi connectivity index (χ2n) is 8.72.